The van der Waals surface area contributed by atoms with Crippen molar-refractivity contribution in [1.29, 1.82) is 0 Å². The molecule has 34 heavy (non-hydrogen) atoms. The molecule has 0 unspecified atom stereocenters. The third-order valence-corrected chi connectivity index (χ3v) is 9.09. The van der Waals surface area contributed by atoms with E-state index in [0.717, 1.165) is 48.7 Å². The number of anilines is 1. The molecular weight excluding hydrogens is 451 g/mol. The minimum Gasteiger partial charge on any atom is -0.369 e. The number of benzene rings is 2. The molecule has 1 spiro atoms. The summed E-state index contributed by atoms with van der Waals surface area (Å²) in [5.74, 6) is 1.23. The predicted octanol–water partition coefficient (Wildman–Crippen LogP) is 5.40. The summed E-state index contributed by atoms with van der Waals surface area (Å²) in [6.45, 7) is 2.30. The summed E-state index contributed by atoms with van der Waals surface area (Å²) in [6.07, 6.45) is 9.07. The second-order valence-electron chi connectivity index (χ2n) is 11.0. The highest BCUT2D eigenvalue weighted by atomic mass is 35.5. The van der Waals surface area contributed by atoms with E-state index < -0.39 is 0 Å². The van der Waals surface area contributed by atoms with E-state index in [1.807, 2.05) is 12.1 Å². The monoisotopic (exact) mass is 478 g/mol. The van der Waals surface area contributed by atoms with Crippen molar-refractivity contribution >= 4 is 34.1 Å². The molecule has 7 rings (SSSR count). The Balaban J connectivity index is 1.14. The summed E-state index contributed by atoms with van der Waals surface area (Å²) in [4.78, 5) is 15.4. The van der Waals surface area contributed by atoms with E-state index in [-0.39, 0.29) is 17.8 Å². The van der Waals surface area contributed by atoms with E-state index in [1.54, 1.807) is 29.1 Å². The van der Waals surface area contributed by atoms with Crippen LogP contribution in [0.15, 0.2) is 36.5 Å². The predicted molar refractivity (Wildman–Crippen MR) is 131 cm³/mol. The van der Waals surface area contributed by atoms with Gasteiger partial charge in [0.05, 0.1) is 34.5 Å². The second-order valence-corrected chi connectivity index (χ2v) is 11.4. The van der Waals surface area contributed by atoms with Gasteiger partial charge in [-0.2, -0.15) is 5.10 Å². The number of fused-ring (bicyclic) bond motifs is 2. The molecule has 7 heteroatoms. The molecule has 5 nitrogen and oxygen atoms in total. The largest absolute Gasteiger partial charge is 0.369 e. The molecule has 2 aromatic carbocycles. The lowest BCUT2D eigenvalue weighted by molar-refractivity contribution is -0.000604. The van der Waals surface area contributed by atoms with Gasteiger partial charge in [-0.25, -0.2) is 4.39 Å². The normalized spacial score (nSPS) is 24.7. The molecule has 2 atom stereocenters. The van der Waals surface area contributed by atoms with Crippen LogP contribution in [0.1, 0.15) is 54.4 Å². The van der Waals surface area contributed by atoms with Gasteiger partial charge in [-0.3, -0.25) is 9.48 Å². The number of aromatic nitrogens is 2. The maximum atomic E-state index is 15.0. The number of nitrogens with zero attached hydrogens (tertiary/aromatic N) is 3. The highest BCUT2D eigenvalue weighted by molar-refractivity contribution is 6.36. The van der Waals surface area contributed by atoms with Crippen molar-refractivity contribution in [2.45, 2.75) is 51.1 Å². The average molecular weight is 479 g/mol. The molecule has 1 aromatic heterocycles. The van der Waals surface area contributed by atoms with Gasteiger partial charge < -0.3 is 10.2 Å². The Morgan fingerprint density at radius 2 is 1.97 bits per heavy atom. The number of halogens is 2. The van der Waals surface area contributed by atoms with Crippen molar-refractivity contribution in [3.05, 3.63) is 58.5 Å². The smallest absolute Gasteiger partial charge is 0.253 e. The van der Waals surface area contributed by atoms with Crippen LogP contribution in [0.5, 0.6) is 0 Å². The Labute approximate surface area is 203 Å². The topological polar surface area (TPSA) is 50.2 Å². The molecule has 3 aromatic rings. The van der Waals surface area contributed by atoms with Crippen LogP contribution < -0.4 is 10.2 Å². The molecule has 176 valence electrons. The Morgan fingerprint density at radius 3 is 2.68 bits per heavy atom. The van der Waals surface area contributed by atoms with Gasteiger partial charge in [-0.15, -0.1) is 0 Å². The van der Waals surface area contributed by atoms with E-state index >= 15 is 0 Å². The first-order valence-electron chi connectivity index (χ1n) is 12.5. The Kier molecular flexibility index (Phi) is 4.54. The Hall–Kier alpha value is -2.60. The number of rotatable bonds is 5. The van der Waals surface area contributed by atoms with E-state index in [0.29, 0.717) is 33.7 Å². The molecule has 1 aliphatic heterocycles. The first kappa shape index (κ1) is 20.7. The van der Waals surface area contributed by atoms with E-state index in [9.17, 15) is 9.18 Å². The number of nitrogens with one attached hydrogen (secondary N) is 1. The molecule has 3 aliphatic carbocycles. The van der Waals surface area contributed by atoms with Crippen LogP contribution in [0, 0.1) is 23.1 Å². The molecular formula is C27H28ClFN4O. The van der Waals surface area contributed by atoms with Crippen molar-refractivity contribution in [3.8, 4) is 0 Å². The van der Waals surface area contributed by atoms with Gasteiger partial charge in [0, 0.05) is 24.5 Å². The van der Waals surface area contributed by atoms with Crippen molar-refractivity contribution < 1.29 is 9.18 Å². The van der Waals surface area contributed by atoms with Crippen molar-refractivity contribution in [2.24, 2.45) is 17.3 Å². The average Bonchev–Trinajstić information content (AvgIpc) is 3.15. The van der Waals surface area contributed by atoms with Crippen molar-refractivity contribution in [3.63, 3.8) is 0 Å². The summed E-state index contributed by atoms with van der Waals surface area (Å²) in [7, 11) is 0. The SMILES string of the molecule is O=C(NC1CC2(CCC2)C1)c1ccc(Cl)c2cnn(Cc3ccc(N4C[C@H]5C[C@H]5C4)c(F)c3)c12. The summed E-state index contributed by atoms with van der Waals surface area (Å²) < 4.78 is 16.8. The van der Waals surface area contributed by atoms with Gasteiger partial charge in [-0.1, -0.05) is 24.1 Å². The molecule has 1 amide bonds. The van der Waals surface area contributed by atoms with Gasteiger partial charge in [0.2, 0.25) is 0 Å². The molecule has 1 saturated heterocycles. The standard InChI is InChI=1S/C27H28ClFN4O/c28-22-4-3-20(26(34)31-19-10-27(11-19)6-1-7-27)25-21(22)12-30-33(25)13-16-2-5-24(23(29)8-16)32-14-17-9-18(17)15-32/h2-5,8,12,17-19H,1,6-7,9-11,13-15H2,(H,31,34)/t17-,18+. The zero-order valence-corrected chi connectivity index (χ0v) is 19.8. The first-order chi connectivity index (χ1) is 16.5. The highest BCUT2D eigenvalue weighted by Gasteiger charge is 2.48. The molecule has 0 radical (unpaired) electrons. The van der Waals surface area contributed by atoms with Gasteiger partial charge >= 0.3 is 0 Å². The lowest BCUT2D eigenvalue weighted by Crippen LogP contribution is -2.53. The minimum absolute atomic E-state index is 0.0864. The van der Waals surface area contributed by atoms with E-state index in [1.165, 1.54) is 25.7 Å². The fourth-order valence-electron chi connectivity index (χ4n) is 6.58. The minimum atomic E-state index is -0.193. The fraction of sp³-hybridized carbons (Fsp3) is 0.481. The lowest BCUT2D eigenvalue weighted by atomic mass is 9.54. The summed E-state index contributed by atoms with van der Waals surface area (Å²) in [6, 6.07) is 9.23. The van der Waals surface area contributed by atoms with Crippen molar-refractivity contribution in [1.82, 2.24) is 15.1 Å². The number of carbonyl (C=O) groups is 1. The zero-order valence-electron chi connectivity index (χ0n) is 19.1. The first-order valence-corrected chi connectivity index (χ1v) is 12.8. The second kappa shape index (κ2) is 7.45. The number of amides is 1. The number of hydrogen-bond acceptors (Lipinski definition) is 3. The van der Waals surface area contributed by atoms with Gasteiger partial charge in [0.1, 0.15) is 5.82 Å². The molecule has 4 aliphatic rings. The maximum Gasteiger partial charge on any atom is 0.253 e. The molecule has 3 saturated carbocycles. The van der Waals surface area contributed by atoms with Gasteiger partial charge in [-0.05, 0) is 79.2 Å². The van der Waals surface area contributed by atoms with Crippen LogP contribution in [0.3, 0.4) is 0 Å². The van der Waals surface area contributed by atoms with Gasteiger partial charge in [0.15, 0.2) is 0 Å². The maximum absolute atomic E-state index is 15.0. The molecule has 0 bridgehead atoms. The van der Waals surface area contributed by atoms with Crippen LogP contribution >= 0.6 is 11.6 Å². The number of carbonyl (C=O) groups excluding carboxylic acids is 1. The fourth-order valence-corrected chi connectivity index (χ4v) is 6.78. The van der Waals surface area contributed by atoms with E-state index in [2.05, 4.69) is 15.3 Å². The molecule has 2 heterocycles. The van der Waals surface area contributed by atoms with Crippen LogP contribution in [0.2, 0.25) is 5.02 Å². The van der Waals surface area contributed by atoms with E-state index in [4.69, 9.17) is 11.6 Å². The molecule has 4 fully saturated rings. The Bertz CT molecular complexity index is 1300. The third-order valence-electron chi connectivity index (χ3n) is 8.77. The zero-order chi connectivity index (χ0) is 23.0. The van der Waals surface area contributed by atoms with Crippen LogP contribution in [0.4, 0.5) is 10.1 Å². The lowest BCUT2D eigenvalue weighted by Gasteiger charge is -2.54. The number of hydrogen-bond donors (Lipinski definition) is 1. The van der Waals surface area contributed by atoms with Crippen LogP contribution in [-0.4, -0.2) is 34.8 Å². The van der Waals surface area contributed by atoms with Crippen LogP contribution in [-0.2, 0) is 6.54 Å². The highest BCUT2D eigenvalue weighted by Crippen LogP contribution is 2.55. The van der Waals surface area contributed by atoms with Crippen molar-refractivity contribution in [2.75, 3.05) is 18.0 Å². The Morgan fingerprint density at radius 1 is 1.18 bits per heavy atom. The summed E-state index contributed by atoms with van der Waals surface area (Å²) in [5, 5.41) is 9.03. The molecule has 1 N–H and O–H groups in total. The van der Waals surface area contributed by atoms with Gasteiger partial charge in [0.25, 0.3) is 5.91 Å². The van der Waals surface area contributed by atoms with Crippen LogP contribution in [0.25, 0.3) is 10.9 Å². The number of piperidine rings is 1. The summed E-state index contributed by atoms with van der Waals surface area (Å²) in [5.41, 5.74) is 3.27. The summed E-state index contributed by atoms with van der Waals surface area (Å²) >= 11 is 6.44. The quantitative estimate of drug-likeness (QED) is 0.534. The third kappa shape index (κ3) is 3.33.